The largest absolute Gasteiger partial charge is 0.388 e. The van der Waals surface area contributed by atoms with E-state index in [0.29, 0.717) is 18.7 Å². The van der Waals surface area contributed by atoms with Crippen molar-refractivity contribution in [1.82, 2.24) is 15.1 Å². The smallest absolute Gasteiger partial charge is 0.274 e. The molecule has 0 aromatic heterocycles. The van der Waals surface area contributed by atoms with Crippen molar-refractivity contribution in [1.29, 1.82) is 0 Å². The van der Waals surface area contributed by atoms with Crippen molar-refractivity contribution in [3.8, 4) is 0 Å². The zero-order valence-electron chi connectivity index (χ0n) is 17.8. The normalized spacial score (nSPS) is 19.7. The lowest BCUT2D eigenvalue weighted by atomic mass is 10.1. The molecule has 1 aromatic rings. The number of nitrogens with one attached hydrogen (secondary N) is 3. The summed E-state index contributed by atoms with van der Waals surface area (Å²) in [6.45, 7) is 2.06. The van der Waals surface area contributed by atoms with E-state index in [1.807, 2.05) is 18.2 Å². The second-order valence-electron chi connectivity index (χ2n) is 7.82. The van der Waals surface area contributed by atoms with Gasteiger partial charge in [-0.1, -0.05) is 6.07 Å². The Morgan fingerprint density at radius 3 is 2.61 bits per heavy atom. The predicted molar refractivity (Wildman–Crippen MR) is 118 cm³/mol. The van der Waals surface area contributed by atoms with Crippen LogP contribution in [-0.2, 0) is 9.59 Å². The fourth-order valence-corrected chi connectivity index (χ4v) is 3.93. The molecule has 1 atom stereocenters. The standard InChI is InChI=1S/C21H30N6O4/c1-22-16-7-6-8-17(13-16)23-19(14-27(30)31)24-18-9-2-3-12-26(21(18)29)15-20(28)25-10-4-5-11-25/h6-8,13-14,18,22-24H,2-5,9-12,15H2,1H3/b19-14+. The number of amides is 2. The van der Waals surface area contributed by atoms with Gasteiger partial charge in [0, 0.05) is 38.1 Å². The molecule has 0 saturated carbocycles. The molecule has 0 spiro atoms. The van der Waals surface area contributed by atoms with Crippen LogP contribution in [0.1, 0.15) is 32.1 Å². The van der Waals surface area contributed by atoms with Crippen LogP contribution in [0.15, 0.2) is 36.3 Å². The number of likely N-dealkylation sites (tertiary alicyclic amines) is 2. The van der Waals surface area contributed by atoms with Crippen LogP contribution < -0.4 is 16.0 Å². The van der Waals surface area contributed by atoms with Gasteiger partial charge in [-0.25, -0.2) is 0 Å². The Morgan fingerprint density at radius 2 is 1.90 bits per heavy atom. The summed E-state index contributed by atoms with van der Waals surface area (Å²) < 4.78 is 0. The number of nitrogens with zero attached hydrogens (tertiary/aromatic N) is 3. The number of rotatable bonds is 8. The Morgan fingerprint density at radius 1 is 1.19 bits per heavy atom. The molecule has 2 amide bonds. The van der Waals surface area contributed by atoms with Crippen LogP contribution in [0.3, 0.4) is 0 Å². The summed E-state index contributed by atoms with van der Waals surface area (Å²) >= 11 is 0. The number of carbonyl (C=O) groups is 2. The average molecular weight is 431 g/mol. The molecular weight excluding hydrogens is 400 g/mol. The Labute approximate surface area is 181 Å². The molecule has 168 valence electrons. The van der Waals surface area contributed by atoms with Crippen LogP contribution >= 0.6 is 0 Å². The first kappa shape index (κ1) is 22.4. The van der Waals surface area contributed by atoms with Crippen molar-refractivity contribution in [3.05, 3.63) is 46.4 Å². The minimum Gasteiger partial charge on any atom is -0.388 e. The number of hydrogen-bond acceptors (Lipinski definition) is 7. The van der Waals surface area contributed by atoms with E-state index in [0.717, 1.165) is 50.7 Å². The first-order valence-corrected chi connectivity index (χ1v) is 10.7. The lowest BCUT2D eigenvalue weighted by molar-refractivity contribution is -0.403. The first-order chi connectivity index (χ1) is 15.0. The van der Waals surface area contributed by atoms with Crippen LogP contribution in [0.25, 0.3) is 0 Å². The van der Waals surface area contributed by atoms with Gasteiger partial charge in [0.2, 0.25) is 11.8 Å². The molecular formula is C21H30N6O4. The molecule has 0 aliphatic carbocycles. The van der Waals surface area contributed by atoms with Gasteiger partial charge in [-0.2, -0.15) is 0 Å². The third kappa shape index (κ3) is 6.34. The molecule has 3 rings (SSSR count). The van der Waals surface area contributed by atoms with Crippen molar-refractivity contribution < 1.29 is 14.5 Å². The van der Waals surface area contributed by atoms with Gasteiger partial charge >= 0.3 is 0 Å². The van der Waals surface area contributed by atoms with Crippen LogP contribution in [-0.4, -0.2) is 65.8 Å². The van der Waals surface area contributed by atoms with Crippen LogP contribution in [0, 0.1) is 10.1 Å². The molecule has 1 aromatic carbocycles. The van der Waals surface area contributed by atoms with Crippen LogP contribution in [0.2, 0.25) is 0 Å². The topological polar surface area (TPSA) is 120 Å². The Kier molecular flexibility index (Phi) is 7.69. The van der Waals surface area contributed by atoms with Gasteiger partial charge in [-0.3, -0.25) is 19.7 Å². The molecule has 10 nitrogen and oxygen atoms in total. The molecule has 2 saturated heterocycles. The van der Waals surface area contributed by atoms with Gasteiger partial charge in [0.25, 0.3) is 6.20 Å². The average Bonchev–Trinajstić information content (AvgIpc) is 3.23. The predicted octanol–water partition coefficient (Wildman–Crippen LogP) is 1.81. The van der Waals surface area contributed by atoms with E-state index in [1.54, 1.807) is 22.9 Å². The third-order valence-corrected chi connectivity index (χ3v) is 5.56. The lowest BCUT2D eigenvalue weighted by Crippen LogP contribution is -2.49. The maximum absolute atomic E-state index is 13.1. The quantitative estimate of drug-likeness (QED) is 0.425. The van der Waals surface area contributed by atoms with Crippen molar-refractivity contribution in [2.24, 2.45) is 0 Å². The molecule has 0 bridgehead atoms. The van der Waals surface area contributed by atoms with Gasteiger partial charge in [0.1, 0.15) is 6.04 Å². The van der Waals surface area contributed by atoms with E-state index < -0.39 is 11.0 Å². The summed E-state index contributed by atoms with van der Waals surface area (Å²) in [5, 5.41) is 20.2. The van der Waals surface area contributed by atoms with E-state index in [2.05, 4.69) is 16.0 Å². The number of nitro groups is 1. The van der Waals surface area contributed by atoms with Crippen molar-refractivity contribution in [2.45, 2.75) is 38.1 Å². The molecule has 3 N–H and O–H groups in total. The summed E-state index contributed by atoms with van der Waals surface area (Å²) in [5.74, 6) is -0.107. The van der Waals surface area contributed by atoms with E-state index in [-0.39, 0.29) is 24.2 Å². The number of anilines is 2. The SMILES string of the molecule is CNc1cccc(N/C(=C\[N+](=O)[O-])NC2CCCCN(CC(=O)N3CCCC3)C2=O)c1. The lowest BCUT2D eigenvalue weighted by Gasteiger charge is -2.27. The molecule has 0 radical (unpaired) electrons. The highest BCUT2D eigenvalue weighted by atomic mass is 16.6. The number of hydrogen-bond donors (Lipinski definition) is 3. The molecule has 2 heterocycles. The molecule has 2 aliphatic heterocycles. The van der Waals surface area contributed by atoms with Crippen molar-refractivity contribution in [2.75, 3.05) is 43.9 Å². The molecule has 2 fully saturated rings. The maximum atomic E-state index is 13.1. The molecule has 10 heteroatoms. The van der Waals surface area contributed by atoms with Gasteiger partial charge in [0.15, 0.2) is 5.82 Å². The Balaban J connectivity index is 1.70. The minimum atomic E-state index is -0.639. The number of benzene rings is 1. The van der Waals surface area contributed by atoms with Gasteiger partial charge in [-0.15, -0.1) is 0 Å². The Hall–Kier alpha value is -3.30. The van der Waals surface area contributed by atoms with E-state index in [9.17, 15) is 19.7 Å². The second kappa shape index (κ2) is 10.6. The van der Waals surface area contributed by atoms with Gasteiger partial charge in [0.05, 0.1) is 11.5 Å². The monoisotopic (exact) mass is 430 g/mol. The van der Waals surface area contributed by atoms with Crippen molar-refractivity contribution in [3.63, 3.8) is 0 Å². The summed E-state index contributed by atoms with van der Waals surface area (Å²) in [5.41, 5.74) is 1.50. The van der Waals surface area contributed by atoms with E-state index >= 15 is 0 Å². The van der Waals surface area contributed by atoms with Gasteiger partial charge in [-0.05, 0) is 50.3 Å². The first-order valence-electron chi connectivity index (χ1n) is 10.7. The Bertz CT molecular complexity index is 837. The molecule has 1 unspecified atom stereocenters. The third-order valence-electron chi connectivity index (χ3n) is 5.56. The molecule has 31 heavy (non-hydrogen) atoms. The van der Waals surface area contributed by atoms with E-state index in [4.69, 9.17) is 0 Å². The van der Waals surface area contributed by atoms with E-state index in [1.165, 1.54) is 0 Å². The second-order valence-corrected chi connectivity index (χ2v) is 7.82. The summed E-state index contributed by atoms with van der Waals surface area (Å²) in [4.78, 5) is 39.6. The highest BCUT2D eigenvalue weighted by Crippen LogP contribution is 2.18. The highest BCUT2D eigenvalue weighted by Gasteiger charge is 2.30. The maximum Gasteiger partial charge on any atom is 0.274 e. The fourth-order valence-electron chi connectivity index (χ4n) is 3.93. The zero-order valence-corrected chi connectivity index (χ0v) is 17.8. The highest BCUT2D eigenvalue weighted by molar-refractivity contribution is 5.88. The van der Waals surface area contributed by atoms with Crippen molar-refractivity contribution >= 4 is 23.2 Å². The molecule has 2 aliphatic rings. The summed E-state index contributed by atoms with van der Waals surface area (Å²) in [7, 11) is 1.79. The van der Waals surface area contributed by atoms with Crippen LogP contribution in [0.5, 0.6) is 0 Å². The van der Waals surface area contributed by atoms with Crippen LogP contribution in [0.4, 0.5) is 11.4 Å². The fraction of sp³-hybridized carbons (Fsp3) is 0.524. The number of carbonyl (C=O) groups excluding carboxylic acids is 2. The van der Waals surface area contributed by atoms with Gasteiger partial charge < -0.3 is 25.8 Å². The summed E-state index contributed by atoms with van der Waals surface area (Å²) in [6.07, 6.45) is 4.95. The summed E-state index contributed by atoms with van der Waals surface area (Å²) in [6, 6.07) is 6.65. The minimum absolute atomic E-state index is 0.0328. The zero-order chi connectivity index (χ0) is 22.2.